The molecule has 0 bridgehead atoms. The van der Waals surface area contributed by atoms with Crippen LogP contribution in [0.2, 0.25) is 0 Å². The molecule has 0 radical (unpaired) electrons. The lowest BCUT2D eigenvalue weighted by molar-refractivity contribution is 0.102. The number of nitrogens with zero attached hydrogens (tertiary/aromatic N) is 1. The molecule has 1 amide bonds. The molecule has 0 spiro atoms. The summed E-state index contributed by atoms with van der Waals surface area (Å²) in [6, 6.07) is 24.9. The minimum atomic E-state index is -3.41. The van der Waals surface area contributed by atoms with Gasteiger partial charge in [-0.3, -0.25) is 4.79 Å². The van der Waals surface area contributed by atoms with Gasteiger partial charge in [-0.2, -0.15) is 0 Å². The van der Waals surface area contributed by atoms with Gasteiger partial charge in [0.25, 0.3) is 5.91 Å². The van der Waals surface area contributed by atoms with Crippen molar-refractivity contribution < 1.29 is 13.2 Å². The molecule has 3 aromatic carbocycles. The van der Waals surface area contributed by atoms with E-state index in [1.807, 2.05) is 6.07 Å². The van der Waals surface area contributed by atoms with Gasteiger partial charge in [0.05, 0.1) is 17.1 Å². The van der Waals surface area contributed by atoms with Crippen molar-refractivity contribution >= 4 is 27.3 Å². The third kappa shape index (κ3) is 6.39. The van der Waals surface area contributed by atoms with Gasteiger partial charge in [0.2, 0.25) is 10.0 Å². The van der Waals surface area contributed by atoms with Crippen molar-refractivity contribution in [2.75, 3.05) is 30.7 Å². The first kappa shape index (κ1) is 25.4. The average molecular weight is 519 g/mol. The molecule has 2 unspecified atom stereocenters. The predicted molar refractivity (Wildman–Crippen MR) is 148 cm³/mol. The molecule has 1 saturated heterocycles. The van der Waals surface area contributed by atoms with Crippen molar-refractivity contribution in [1.82, 2.24) is 9.62 Å². The van der Waals surface area contributed by atoms with Crippen molar-refractivity contribution in [3.8, 4) is 0 Å². The molecule has 5 rings (SSSR count). The monoisotopic (exact) mass is 518 g/mol. The molecule has 2 fully saturated rings. The number of carbonyl (C=O) groups excluding carboxylic acids is 1. The van der Waals surface area contributed by atoms with Crippen LogP contribution in [0.5, 0.6) is 0 Å². The Labute approximate surface area is 219 Å². The summed E-state index contributed by atoms with van der Waals surface area (Å²) in [6.45, 7) is 2.06. The molecule has 7 nitrogen and oxygen atoms in total. The lowest BCUT2D eigenvalue weighted by atomic mass is 9.98. The second kappa shape index (κ2) is 11.0. The standard InChI is InChI=1S/C29H34N4O3S/c30-26-8-4-5-9-27(26)32-29(34)24-12-10-22(11-13-24)20-37(35,36)33-16-14-21(15-17-33)19-31-28-18-25(28)23-6-2-1-3-7-23/h1-13,21,25,28,31H,14-20,30H2,(H,32,34). The average Bonchev–Trinajstić information content (AvgIpc) is 3.70. The Morgan fingerprint density at radius 3 is 2.30 bits per heavy atom. The van der Waals surface area contributed by atoms with E-state index >= 15 is 0 Å². The fourth-order valence-corrected chi connectivity index (χ4v) is 6.62. The van der Waals surface area contributed by atoms with E-state index in [9.17, 15) is 13.2 Å². The summed E-state index contributed by atoms with van der Waals surface area (Å²) in [5.74, 6) is 0.754. The molecule has 1 heterocycles. The van der Waals surface area contributed by atoms with E-state index in [-0.39, 0.29) is 11.7 Å². The Morgan fingerprint density at radius 2 is 1.59 bits per heavy atom. The minimum Gasteiger partial charge on any atom is -0.397 e. The van der Waals surface area contributed by atoms with Crippen LogP contribution in [0.15, 0.2) is 78.9 Å². The lowest BCUT2D eigenvalue weighted by Crippen LogP contribution is -2.41. The van der Waals surface area contributed by atoms with E-state index in [1.165, 1.54) is 12.0 Å². The number of nitrogens with one attached hydrogen (secondary N) is 2. The maximum Gasteiger partial charge on any atom is 0.255 e. The minimum absolute atomic E-state index is 0.0652. The van der Waals surface area contributed by atoms with Crippen LogP contribution in [0.1, 0.15) is 46.7 Å². The summed E-state index contributed by atoms with van der Waals surface area (Å²) >= 11 is 0. The zero-order valence-electron chi connectivity index (χ0n) is 20.8. The number of piperidine rings is 1. The smallest absolute Gasteiger partial charge is 0.255 e. The van der Waals surface area contributed by atoms with Gasteiger partial charge in [-0.15, -0.1) is 0 Å². The molecule has 1 saturated carbocycles. The second-order valence-corrected chi connectivity index (χ2v) is 12.1. The first-order chi connectivity index (χ1) is 17.9. The van der Waals surface area contributed by atoms with Gasteiger partial charge in [-0.05, 0) is 67.1 Å². The number of hydrogen-bond acceptors (Lipinski definition) is 5. The molecular weight excluding hydrogens is 484 g/mol. The first-order valence-electron chi connectivity index (χ1n) is 12.9. The summed E-state index contributed by atoms with van der Waals surface area (Å²) in [6.07, 6.45) is 2.92. The molecule has 0 aromatic heterocycles. The normalized spacial score (nSPS) is 20.4. The summed E-state index contributed by atoms with van der Waals surface area (Å²) < 4.78 is 27.7. The Bertz CT molecular complexity index is 1320. The predicted octanol–water partition coefficient (Wildman–Crippen LogP) is 4.21. The Hall–Kier alpha value is -3.20. The number of nitrogen functional groups attached to an aromatic ring is 1. The molecule has 1 aliphatic heterocycles. The summed E-state index contributed by atoms with van der Waals surface area (Å²) in [4.78, 5) is 12.5. The largest absolute Gasteiger partial charge is 0.397 e. The van der Waals surface area contributed by atoms with Gasteiger partial charge in [0, 0.05) is 30.6 Å². The summed E-state index contributed by atoms with van der Waals surface area (Å²) in [5, 5.41) is 6.48. The van der Waals surface area contributed by atoms with Crippen molar-refractivity contribution in [1.29, 1.82) is 0 Å². The molecule has 8 heteroatoms. The van der Waals surface area contributed by atoms with Crippen LogP contribution in [0.25, 0.3) is 0 Å². The highest BCUT2D eigenvalue weighted by atomic mass is 32.2. The second-order valence-electron chi connectivity index (χ2n) is 10.1. The van der Waals surface area contributed by atoms with E-state index in [1.54, 1.807) is 52.8 Å². The first-order valence-corrected chi connectivity index (χ1v) is 14.5. The number of para-hydroxylation sites is 2. The molecular formula is C29H34N4O3S. The van der Waals surface area contributed by atoms with Crippen LogP contribution in [-0.4, -0.2) is 44.3 Å². The molecule has 194 valence electrons. The van der Waals surface area contributed by atoms with Crippen LogP contribution in [-0.2, 0) is 15.8 Å². The van der Waals surface area contributed by atoms with E-state index in [0.717, 1.165) is 19.4 Å². The van der Waals surface area contributed by atoms with Crippen LogP contribution in [0.4, 0.5) is 11.4 Å². The van der Waals surface area contributed by atoms with Gasteiger partial charge in [-0.1, -0.05) is 54.6 Å². The Morgan fingerprint density at radius 1 is 0.919 bits per heavy atom. The van der Waals surface area contributed by atoms with Crippen LogP contribution in [0.3, 0.4) is 0 Å². The van der Waals surface area contributed by atoms with Crippen LogP contribution in [0, 0.1) is 5.92 Å². The third-order valence-electron chi connectivity index (χ3n) is 7.43. The Kier molecular flexibility index (Phi) is 7.60. The fraction of sp³-hybridized carbons (Fsp3) is 0.345. The van der Waals surface area contributed by atoms with Crippen molar-refractivity contribution in [2.45, 2.75) is 37.0 Å². The number of rotatable bonds is 9. The van der Waals surface area contributed by atoms with Crippen molar-refractivity contribution in [3.63, 3.8) is 0 Å². The van der Waals surface area contributed by atoms with Crippen LogP contribution >= 0.6 is 0 Å². The number of benzene rings is 3. The van der Waals surface area contributed by atoms with Gasteiger partial charge in [0.1, 0.15) is 0 Å². The lowest BCUT2D eigenvalue weighted by Gasteiger charge is -2.31. The molecule has 2 atom stereocenters. The number of sulfonamides is 1. The van der Waals surface area contributed by atoms with Crippen molar-refractivity contribution in [3.05, 3.63) is 95.6 Å². The maximum absolute atomic E-state index is 13.1. The molecule has 37 heavy (non-hydrogen) atoms. The van der Waals surface area contributed by atoms with E-state index in [0.29, 0.717) is 53.5 Å². The SMILES string of the molecule is Nc1ccccc1NC(=O)c1ccc(CS(=O)(=O)N2CCC(CNC3CC3c3ccccc3)CC2)cc1. The molecule has 4 N–H and O–H groups in total. The Balaban J connectivity index is 1.08. The number of amides is 1. The number of hydrogen-bond donors (Lipinski definition) is 3. The molecule has 3 aromatic rings. The summed E-state index contributed by atoms with van der Waals surface area (Å²) in [7, 11) is -3.41. The van der Waals surface area contributed by atoms with Crippen LogP contribution < -0.4 is 16.4 Å². The zero-order chi connectivity index (χ0) is 25.8. The van der Waals surface area contributed by atoms with E-state index in [2.05, 4.69) is 34.9 Å². The molecule has 1 aliphatic carbocycles. The quantitative estimate of drug-likeness (QED) is 0.368. The highest BCUT2D eigenvalue weighted by Crippen LogP contribution is 2.40. The summed E-state index contributed by atoms with van der Waals surface area (Å²) in [5.41, 5.74) is 9.44. The maximum atomic E-state index is 13.1. The zero-order valence-corrected chi connectivity index (χ0v) is 21.7. The number of nitrogens with two attached hydrogens (primary N) is 1. The van der Waals surface area contributed by atoms with Gasteiger partial charge in [0.15, 0.2) is 0 Å². The highest BCUT2D eigenvalue weighted by molar-refractivity contribution is 7.88. The van der Waals surface area contributed by atoms with Gasteiger partial charge < -0.3 is 16.4 Å². The fourth-order valence-electron chi connectivity index (χ4n) is 5.06. The van der Waals surface area contributed by atoms with E-state index in [4.69, 9.17) is 5.73 Å². The molecule has 2 aliphatic rings. The topological polar surface area (TPSA) is 105 Å². The van der Waals surface area contributed by atoms with Gasteiger partial charge in [-0.25, -0.2) is 12.7 Å². The van der Waals surface area contributed by atoms with Gasteiger partial charge >= 0.3 is 0 Å². The highest BCUT2D eigenvalue weighted by Gasteiger charge is 2.38. The number of carbonyl (C=O) groups is 1. The van der Waals surface area contributed by atoms with Crippen molar-refractivity contribution in [2.24, 2.45) is 5.92 Å². The number of anilines is 2. The van der Waals surface area contributed by atoms with E-state index < -0.39 is 10.0 Å². The third-order valence-corrected chi connectivity index (χ3v) is 9.28.